The lowest BCUT2D eigenvalue weighted by Crippen LogP contribution is -2.39. The third-order valence-electron chi connectivity index (χ3n) is 4.22. The van der Waals surface area contributed by atoms with E-state index < -0.39 is 0 Å². The lowest BCUT2D eigenvalue weighted by atomic mass is 9.97. The number of anilines is 1. The van der Waals surface area contributed by atoms with Gasteiger partial charge in [-0.1, -0.05) is 24.3 Å². The summed E-state index contributed by atoms with van der Waals surface area (Å²) in [5, 5.41) is 10.8. The number of fused-ring (bicyclic) bond motifs is 1. The molecule has 1 aliphatic rings. The topological polar surface area (TPSA) is 79.5 Å². The van der Waals surface area contributed by atoms with Gasteiger partial charge in [0.05, 0.1) is 5.56 Å². The van der Waals surface area contributed by atoms with E-state index in [1.165, 1.54) is 0 Å². The number of nitrogen functional groups attached to an aromatic ring is 1. The molecule has 0 aliphatic carbocycles. The van der Waals surface area contributed by atoms with E-state index in [4.69, 9.17) is 5.73 Å². The van der Waals surface area contributed by atoms with Crippen LogP contribution in [0.4, 0.5) is 5.82 Å². The van der Waals surface area contributed by atoms with Crippen LogP contribution in [0.1, 0.15) is 23.2 Å². The lowest BCUT2D eigenvalue weighted by Gasteiger charge is -2.31. The normalized spacial score (nSPS) is 16.3. The van der Waals surface area contributed by atoms with E-state index in [2.05, 4.69) is 4.98 Å². The van der Waals surface area contributed by atoms with E-state index in [9.17, 15) is 9.90 Å². The molecule has 0 bridgehead atoms. The van der Waals surface area contributed by atoms with Crippen LogP contribution >= 0.6 is 0 Å². The summed E-state index contributed by atoms with van der Waals surface area (Å²) in [5.41, 5.74) is 6.48. The molecule has 2 heterocycles. The molecule has 2 aromatic rings. The van der Waals surface area contributed by atoms with Crippen LogP contribution in [0.2, 0.25) is 0 Å². The Morgan fingerprint density at radius 2 is 1.95 bits per heavy atom. The molecule has 0 saturated carbocycles. The van der Waals surface area contributed by atoms with Crippen LogP contribution in [0.5, 0.6) is 0 Å². The maximum Gasteiger partial charge on any atom is 0.256 e. The van der Waals surface area contributed by atoms with Gasteiger partial charge in [0.2, 0.25) is 0 Å². The van der Waals surface area contributed by atoms with Crippen molar-refractivity contribution in [3.8, 4) is 0 Å². The SMILES string of the molecule is Nc1ncc(C(=O)N2CCC(CO)CC2)c2ccccc12. The highest BCUT2D eigenvalue weighted by Crippen LogP contribution is 2.25. The van der Waals surface area contributed by atoms with Gasteiger partial charge in [-0.15, -0.1) is 0 Å². The largest absolute Gasteiger partial charge is 0.396 e. The second kappa shape index (κ2) is 5.69. The molecule has 1 aliphatic heterocycles. The summed E-state index contributed by atoms with van der Waals surface area (Å²) in [7, 11) is 0. The number of rotatable bonds is 2. The summed E-state index contributed by atoms with van der Waals surface area (Å²) >= 11 is 0. The van der Waals surface area contributed by atoms with Crippen molar-refractivity contribution in [2.45, 2.75) is 12.8 Å². The van der Waals surface area contributed by atoms with Crippen LogP contribution in [0.3, 0.4) is 0 Å². The third kappa shape index (κ3) is 2.56. The molecular formula is C16H19N3O2. The predicted octanol–water partition coefficient (Wildman–Crippen LogP) is 1.66. The van der Waals surface area contributed by atoms with Crippen LogP contribution in [-0.4, -0.2) is 40.6 Å². The Kier molecular flexibility index (Phi) is 3.75. The molecule has 1 aromatic heterocycles. The number of carbonyl (C=O) groups is 1. The first-order valence-corrected chi connectivity index (χ1v) is 7.24. The van der Waals surface area contributed by atoms with Crippen LogP contribution in [0.25, 0.3) is 10.8 Å². The number of aliphatic hydroxyl groups is 1. The highest BCUT2D eigenvalue weighted by Gasteiger charge is 2.24. The summed E-state index contributed by atoms with van der Waals surface area (Å²) in [6.07, 6.45) is 3.27. The van der Waals surface area contributed by atoms with Crippen LogP contribution < -0.4 is 5.73 Å². The number of benzene rings is 1. The average Bonchev–Trinajstić information content (AvgIpc) is 2.55. The van der Waals surface area contributed by atoms with Crippen molar-refractivity contribution < 1.29 is 9.90 Å². The van der Waals surface area contributed by atoms with Gasteiger partial charge in [-0.05, 0) is 24.1 Å². The van der Waals surface area contributed by atoms with E-state index >= 15 is 0 Å². The zero-order valence-electron chi connectivity index (χ0n) is 11.8. The molecule has 1 amide bonds. The molecule has 1 aromatic carbocycles. The Morgan fingerprint density at radius 3 is 2.62 bits per heavy atom. The number of aromatic nitrogens is 1. The summed E-state index contributed by atoms with van der Waals surface area (Å²) in [6, 6.07) is 7.57. The van der Waals surface area contributed by atoms with Crippen molar-refractivity contribution in [1.82, 2.24) is 9.88 Å². The Balaban J connectivity index is 1.90. The molecule has 0 spiro atoms. The summed E-state index contributed by atoms with van der Waals surface area (Å²) in [5.74, 6) is 0.756. The predicted molar refractivity (Wildman–Crippen MR) is 81.9 cm³/mol. The third-order valence-corrected chi connectivity index (χ3v) is 4.22. The second-order valence-electron chi connectivity index (χ2n) is 5.52. The average molecular weight is 285 g/mol. The van der Waals surface area contributed by atoms with Crippen LogP contribution in [0.15, 0.2) is 30.5 Å². The van der Waals surface area contributed by atoms with Gasteiger partial charge in [-0.2, -0.15) is 0 Å². The Hall–Kier alpha value is -2.14. The van der Waals surface area contributed by atoms with Crippen molar-refractivity contribution in [3.63, 3.8) is 0 Å². The Bertz CT molecular complexity index is 664. The zero-order valence-corrected chi connectivity index (χ0v) is 11.8. The smallest absolute Gasteiger partial charge is 0.256 e. The van der Waals surface area contributed by atoms with E-state index in [-0.39, 0.29) is 12.5 Å². The van der Waals surface area contributed by atoms with Crippen molar-refractivity contribution in [2.24, 2.45) is 5.92 Å². The highest BCUT2D eigenvalue weighted by molar-refractivity contribution is 6.08. The fraction of sp³-hybridized carbons (Fsp3) is 0.375. The van der Waals surface area contributed by atoms with Gasteiger partial charge in [-0.25, -0.2) is 4.98 Å². The number of carbonyl (C=O) groups excluding carboxylic acids is 1. The van der Waals surface area contributed by atoms with Crippen LogP contribution in [0, 0.1) is 5.92 Å². The van der Waals surface area contributed by atoms with Gasteiger partial charge in [-0.3, -0.25) is 4.79 Å². The monoisotopic (exact) mass is 285 g/mol. The molecule has 0 atom stereocenters. The minimum Gasteiger partial charge on any atom is -0.396 e. The molecule has 1 fully saturated rings. The van der Waals surface area contributed by atoms with Crippen molar-refractivity contribution in [3.05, 3.63) is 36.0 Å². The van der Waals surface area contributed by atoms with E-state index in [1.54, 1.807) is 6.20 Å². The first kappa shape index (κ1) is 13.8. The van der Waals surface area contributed by atoms with Gasteiger partial charge < -0.3 is 15.7 Å². The minimum atomic E-state index is -0.00455. The van der Waals surface area contributed by atoms with Crippen molar-refractivity contribution in [2.75, 3.05) is 25.4 Å². The number of hydrogen-bond acceptors (Lipinski definition) is 4. The maximum atomic E-state index is 12.7. The molecule has 5 heteroatoms. The Labute approximate surface area is 123 Å². The number of pyridine rings is 1. The number of amides is 1. The van der Waals surface area contributed by atoms with E-state index in [1.807, 2.05) is 29.2 Å². The maximum absolute atomic E-state index is 12.7. The molecule has 3 rings (SSSR count). The molecule has 21 heavy (non-hydrogen) atoms. The van der Waals surface area contributed by atoms with E-state index in [0.29, 0.717) is 30.4 Å². The second-order valence-corrected chi connectivity index (χ2v) is 5.52. The quantitative estimate of drug-likeness (QED) is 0.879. The molecule has 5 nitrogen and oxygen atoms in total. The van der Waals surface area contributed by atoms with Gasteiger partial charge in [0.1, 0.15) is 5.82 Å². The summed E-state index contributed by atoms with van der Waals surface area (Å²) in [4.78, 5) is 18.7. The number of likely N-dealkylation sites (tertiary alicyclic amines) is 1. The van der Waals surface area contributed by atoms with Crippen molar-refractivity contribution in [1.29, 1.82) is 0 Å². The summed E-state index contributed by atoms with van der Waals surface area (Å²) in [6.45, 7) is 1.57. The molecular weight excluding hydrogens is 266 g/mol. The number of piperidine rings is 1. The number of nitrogens with zero attached hydrogens (tertiary/aromatic N) is 2. The number of nitrogens with two attached hydrogens (primary N) is 1. The summed E-state index contributed by atoms with van der Waals surface area (Å²) < 4.78 is 0. The number of aliphatic hydroxyl groups excluding tert-OH is 1. The van der Waals surface area contributed by atoms with Gasteiger partial charge in [0, 0.05) is 31.3 Å². The molecule has 0 radical (unpaired) electrons. The van der Waals surface area contributed by atoms with Crippen molar-refractivity contribution >= 4 is 22.5 Å². The molecule has 110 valence electrons. The first-order chi connectivity index (χ1) is 10.2. The minimum absolute atomic E-state index is 0.00455. The van der Waals surface area contributed by atoms with Gasteiger partial charge >= 0.3 is 0 Å². The standard InChI is InChI=1S/C16H19N3O2/c17-15-13-4-2-1-3-12(13)14(9-18-15)16(21)19-7-5-11(10-20)6-8-19/h1-4,9,11,20H,5-8,10H2,(H2,17,18). The molecule has 3 N–H and O–H groups in total. The highest BCUT2D eigenvalue weighted by atomic mass is 16.3. The number of hydrogen-bond donors (Lipinski definition) is 2. The van der Waals surface area contributed by atoms with Gasteiger partial charge in [0.15, 0.2) is 0 Å². The molecule has 1 saturated heterocycles. The van der Waals surface area contributed by atoms with Gasteiger partial charge in [0.25, 0.3) is 5.91 Å². The fourth-order valence-corrected chi connectivity index (χ4v) is 2.87. The first-order valence-electron chi connectivity index (χ1n) is 7.24. The molecule has 0 unspecified atom stereocenters. The Morgan fingerprint density at radius 1 is 1.29 bits per heavy atom. The fourth-order valence-electron chi connectivity index (χ4n) is 2.87. The zero-order chi connectivity index (χ0) is 14.8. The lowest BCUT2D eigenvalue weighted by molar-refractivity contribution is 0.0652. The van der Waals surface area contributed by atoms with E-state index in [0.717, 1.165) is 23.6 Å². The van der Waals surface area contributed by atoms with Crippen LogP contribution in [-0.2, 0) is 0 Å².